The van der Waals surface area contributed by atoms with Crippen LogP contribution in [0.25, 0.3) is 16.0 Å². The quantitative estimate of drug-likeness (QED) is 0.602. The summed E-state index contributed by atoms with van der Waals surface area (Å²) < 4.78 is 31.4. The predicted octanol–water partition coefficient (Wildman–Crippen LogP) is 3.70. The van der Waals surface area contributed by atoms with Gasteiger partial charge in [0.25, 0.3) is 0 Å². The van der Waals surface area contributed by atoms with Crippen molar-refractivity contribution in [1.82, 2.24) is 3.97 Å². The first-order valence-corrected chi connectivity index (χ1v) is 9.40. The van der Waals surface area contributed by atoms with Gasteiger partial charge in [-0.05, 0) is 25.8 Å². The molecule has 0 radical (unpaired) electrons. The summed E-state index contributed by atoms with van der Waals surface area (Å²) in [5.74, 6) is -0.601. The van der Waals surface area contributed by atoms with Gasteiger partial charge in [0.15, 0.2) is 5.69 Å². The number of rotatable bonds is 5. The molecule has 132 valence electrons. The van der Waals surface area contributed by atoms with Crippen molar-refractivity contribution < 1.29 is 17.9 Å². The van der Waals surface area contributed by atoms with Crippen molar-refractivity contribution in [2.24, 2.45) is 0 Å². The second-order valence-corrected chi connectivity index (χ2v) is 7.59. The van der Waals surface area contributed by atoms with Gasteiger partial charge >= 0.3 is 5.97 Å². The fourth-order valence-corrected chi connectivity index (χ4v) is 4.71. The molecule has 0 atom stereocenters. The van der Waals surface area contributed by atoms with Gasteiger partial charge in [0.1, 0.15) is 0 Å². The maximum Gasteiger partial charge on any atom is 0.340 e. The Labute approximate surface area is 147 Å². The van der Waals surface area contributed by atoms with Crippen molar-refractivity contribution in [2.75, 3.05) is 12.9 Å². The van der Waals surface area contributed by atoms with E-state index in [9.17, 15) is 13.2 Å². The Morgan fingerprint density at radius 1 is 1.20 bits per heavy atom. The van der Waals surface area contributed by atoms with E-state index in [4.69, 9.17) is 11.3 Å². The highest BCUT2D eigenvalue weighted by Gasteiger charge is 2.29. The molecule has 0 aliphatic rings. The third kappa shape index (κ3) is 3.30. The predicted molar refractivity (Wildman–Crippen MR) is 96.4 cm³/mol. The SMILES string of the molecule is [C-]#[N+]c1ccc(-c2c(C(=O)OC)c(C)n(S(=O)(=O)CCC)c2C)cc1. The van der Waals surface area contributed by atoms with Crippen LogP contribution < -0.4 is 0 Å². The van der Waals surface area contributed by atoms with Gasteiger partial charge in [0.05, 0.1) is 25.0 Å². The second kappa shape index (κ2) is 7.11. The van der Waals surface area contributed by atoms with Gasteiger partial charge in [0.2, 0.25) is 10.0 Å². The summed E-state index contributed by atoms with van der Waals surface area (Å²) in [5.41, 5.74) is 2.68. The number of benzene rings is 1. The molecule has 7 heteroatoms. The van der Waals surface area contributed by atoms with Crippen molar-refractivity contribution in [3.05, 3.63) is 52.6 Å². The van der Waals surface area contributed by atoms with Gasteiger partial charge in [-0.1, -0.05) is 31.2 Å². The molecule has 2 rings (SSSR count). The van der Waals surface area contributed by atoms with Crippen LogP contribution in [0.5, 0.6) is 0 Å². The lowest BCUT2D eigenvalue weighted by molar-refractivity contribution is 0.0601. The van der Waals surface area contributed by atoms with Crippen LogP contribution in [0.2, 0.25) is 0 Å². The first-order valence-electron chi connectivity index (χ1n) is 7.79. The molecule has 0 unspecified atom stereocenters. The molecule has 0 aliphatic carbocycles. The average molecular weight is 360 g/mol. The van der Waals surface area contributed by atoms with E-state index in [-0.39, 0.29) is 11.3 Å². The molecular weight excluding hydrogens is 340 g/mol. The molecule has 0 fully saturated rings. The van der Waals surface area contributed by atoms with Gasteiger partial charge in [-0.3, -0.25) is 0 Å². The van der Waals surface area contributed by atoms with Crippen LogP contribution in [0.3, 0.4) is 0 Å². The number of carbonyl (C=O) groups excluding carboxylic acids is 1. The summed E-state index contributed by atoms with van der Waals surface area (Å²) in [7, 11) is -2.31. The van der Waals surface area contributed by atoms with Crippen LogP contribution in [0.15, 0.2) is 24.3 Å². The number of methoxy groups -OCH3 is 1. The molecule has 1 aromatic heterocycles. The Morgan fingerprint density at radius 3 is 2.28 bits per heavy atom. The van der Waals surface area contributed by atoms with E-state index in [2.05, 4.69) is 4.85 Å². The fraction of sp³-hybridized carbons (Fsp3) is 0.333. The minimum absolute atomic E-state index is 0.0138. The largest absolute Gasteiger partial charge is 0.465 e. The molecule has 1 heterocycles. The molecule has 2 aromatic rings. The molecule has 1 aromatic carbocycles. The number of hydrogen-bond donors (Lipinski definition) is 0. The van der Waals surface area contributed by atoms with Crippen LogP contribution >= 0.6 is 0 Å². The summed E-state index contributed by atoms with van der Waals surface area (Å²) in [6.45, 7) is 12.1. The number of ether oxygens (including phenoxy) is 1. The second-order valence-electron chi connectivity index (χ2n) is 5.65. The van der Waals surface area contributed by atoms with Crippen molar-refractivity contribution in [3.63, 3.8) is 0 Å². The highest BCUT2D eigenvalue weighted by atomic mass is 32.2. The highest BCUT2D eigenvalue weighted by molar-refractivity contribution is 7.89. The first kappa shape index (κ1) is 18.7. The Balaban J connectivity index is 2.82. The molecule has 0 bridgehead atoms. The average Bonchev–Trinajstić information content (AvgIpc) is 2.85. The number of aromatic nitrogens is 1. The van der Waals surface area contributed by atoms with E-state index in [1.807, 2.05) is 0 Å². The Hall–Kier alpha value is -2.59. The van der Waals surface area contributed by atoms with Crippen LogP contribution in [0.1, 0.15) is 35.1 Å². The number of hydrogen-bond acceptors (Lipinski definition) is 4. The van der Waals surface area contributed by atoms with Crippen LogP contribution in [0.4, 0.5) is 5.69 Å². The van der Waals surface area contributed by atoms with E-state index in [1.54, 1.807) is 45.0 Å². The topological polar surface area (TPSA) is 69.7 Å². The first-order chi connectivity index (χ1) is 11.8. The molecule has 6 nitrogen and oxygen atoms in total. The summed E-state index contributed by atoms with van der Waals surface area (Å²) in [6.07, 6.45) is 0.474. The van der Waals surface area contributed by atoms with Gasteiger partial charge in [-0.2, -0.15) is 0 Å². The lowest BCUT2D eigenvalue weighted by Gasteiger charge is -2.10. The maximum absolute atomic E-state index is 12.7. The van der Waals surface area contributed by atoms with E-state index < -0.39 is 16.0 Å². The van der Waals surface area contributed by atoms with Gasteiger partial charge in [-0.15, -0.1) is 0 Å². The lowest BCUT2D eigenvalue weighted by atomic mass is 10.0. The minimum atomic E-state index is -3.58. The summed E-state index contributed by atoms with van der Waals surface area (Å²) in [4.78, 5) is 15.7. The lowest BCUT2D eigenvalue weighted by Crippen LogP contribution is -2.19. The van der Waals surface area contributed by atoms with Crippen LogP contribution in [-0.4, -0.2) is 31.2 Å². The Kier molecular flexibility index (Phi) is 5.33. The van der Waals surface area contributed by atoms with E-state index in [1.165, 1.54) is 11.1 Å². The minimum Gasteiger partial charge on any atom is -0.465 e. The number of esters is 1. The normalized spacial score (nSPS) is 11.2. The van der Waals surface area contributed by atoms with Crippen LogP contribution in [-0.2, 0) is 14.8 Å². The summed E-state index contributed by atoms with van der Waals surface area (Å²) in [6, 6.07) is 6.68. The van der Waals surface area contributed by atoms with Crippen molar-refractivity contribution in [2.45, 2.75) is 27.2 Å². The summed E-state index contributed by atoms with van der Waals surface area (Å²) >= 11 is 0. The number of carbonyl (C=O) groups is 1. The Bertz CT molecular complexity index is 948. The molecule has 25 heavy (non-hydrogen) atoms. The maximum atomic E-state index is 12.7. The highest BCUT2D eigenvalue weighted by Crippen LogP contribution is 2.35. The van der Waals surface area contributed by atoms with Crippen molar-refractivity contribution >= 4 is 21.7 Å². The van der Waals surface area contributed by atoms with Crippen LogP contribution in [0, 0.1) is 20.4 Å². The molecule has 0 saturated carbocycles. The van der Waals surface area contributed by atoms with Crippen molar-refractivity contribution in [1.29, 1.82) is 0 Å². The molecule has 0 N–H and O–H groups in total. The van der Waals surface area contributed by atoms with E-state index in [0.717, 1.165) is 0 Å². The Morgan fingerprint density at radius 2 is 1.80 bits per heavy atom. The molecule has 0 saturated heterocycles. The van der Waals surface area contributed by atoms with E-state index >= 15 is 0 Å². The third-order valence-electron chi connectivity index (χ3n) is 4.00. The van der Waals surface area contributed by atoms with Gasteiger partial charge in [0, 0.05) is 17.0 Å². The zero-order valence-corrected chi connectivity index (χ0v) is 15.5. The molecule has 0 aliphatic heterocycles. The molecule has 0 spiro atoms. The smallest absolute Gasteiger partial charge is 0.340 e. The fourth-order valence-electron chi connectivity index (χ4n) is 2.99. The summed E-state index contributed by atoms with van der Waals surface area (Å²) in [5, 5.41) is 0. The molecular formula is C18H20N2O4S. The standard InChI is InChI=1S/C18H20N2O4S/c1-6-11-25(22,23)20-12(2)16(17(13(20)3)18(21)24-5)14-7-9-15(19-4)10-8-14/h7-10H,6,11H2,1-3,5H3. The molecule has 0 amide bonds. The monoisotopic (exact) mass is 360 g/mol. The third-order valence-corrected chi connectivity index (χ3v) is 6.03. The van der Waals surface area contributed by atoms with E-state index in [0.29, 0.717) is 34.6 Å². The van der Waals surface area contributed by atoms with Crippen molar-refractivity contribution in [3.8, 4) is 11.1 Å². The van der Waals surface area contributed by atoms with Gasteiger partial charge < -0.3 is 4.74 Å². The number of nitrogens with zero attached hydrogens (tertiary/aromatic N) is 2. The zero-order chi connectivity index (χ0) is 18.8. The zero-order valence-electron chi connectivity index (χ0n) is 14.7. The van der Waals surface area contributed by atoms with Gasteiger partial charge in [-0.25, -0.2) is 22.0 Å².